The number of rotatable bonds is 8. The number of aliphatic hydroxyl groups is 1. The highest BCUT2D eigenvalue weighted by Gasteiger charge is 2.48. The molecule has 1 atom stereocenters. The summed E-state index contributed by atoms with van der Waals surface area (Å²) < 4.78 is 11.3. The molecule has 0 saturated carbocycles. The Morgan fingerprint density at radius 2 is 1.97 bits per heavy atom. The topological polar surface area (TPSA) is 106 Å². The van der Waals surface area contributed by atoms with Gasteiger partial charge < -0.3 is 14.6 Å². The maximum Gasteiger partial charge on any atom is 0.350 e. The van der Waals surface area contributed by atoms with Crippen molar-refractivity contribution in [1.29, 1.82) is 0 Å². The summed E-state index contributed by atoms with van der Waals surface area (Å²) in [7, 11) is 0. The number of ether oxygens (including phenoxy) is 2. The number of aryl methyl sites for hydroxylation is 1. The van der Waals surface area contributed by atoms with Gasteiger partial charge >= 0.3 is 11.9 Å². The van der Waals surface area contributed by atoms with Crippen LogP contribution in [0.1, 0.15) is 39.5 Å². The van der Waals surface area contributed by atoms with Gasteiger partial charge in [-0.05, 0) is 55.8 Å². The summed E-state index contributed by atoms with van der Waals surface area (Å²) in [5, 5.41) is 11.4. The maximum atomic E-state index is 13.3. The first-order valence-corrected chi connectivity index (χ1v) is 12.9. The van der Waals surface area contributed by atoms with E-state index in [1.807, 2.05) is 6.07 Å². The second kappa shape index (κ2) is 11.1. The van der Waals surface area contributed by atoms with Crippen LogP contribution >= 0.6 is 27.3 Å². The van der Waals surface area contributed by atoms with Crippen molar-refractivity contribution in [3.63, 3.8) is 0 Å². The SMILES string of the molecule is C=CCOc1ccc(/C(O)=C2\C(=O)C(=O)N(c3nc(C)c(C(=O)OCC)s3)C2c2cccc(Br)c2)cc1. The van der Waals surface area contributed by atoms with Crippen molar-refractivity contribution in [2.75, 3.05) is 18.1 Å². The Morgan fingerprint density at radius 1 is 1.24 bits per heavy atom. The highest BCUT2D eigenvalue weighted by molar-refractivity contribution is 9.10. The average molecular weight is 583 g/mol. The molecule has 0 bridgehead atoms. The van der Waals surface area contributed by atoms with E-state index in [0.29, 0.717) is 29.2 Å². The van der Waals surface area contributed by atoms with Crippen LogP contribution in [-0.4, -0.2) is 41.0 Å². The summed E-state index contributed by atoms with van der Waals surface area (Å²) >= 11 is 4.40. The predicted octanol–water partition coefficient (Wildman–Crippen LogP) is 5.58. The fraction of sp³-hybridized carbons (Fsp3) is 0.185. The average Bonchev–Trinajstić information content (AvgIpc) is 3.39. The predicted molar refractivity (Wildman–Crippen MR) is 144 cm³/mol. The highest BCUT2D eigenvalue weighted by atomic mass is 79.9. The number of hydrogen-bond acceptors (Lipinski definition) is 8. The zero-order valence-electron chi connectivity index (χ0n) is 20.1. The number of amides is 1. The minimum absolute atomic E-state index is 0.0894. The molecule has 2 heterocycles. The van der Waals surface area contributed by atoms with Crippen LogP contribution in [0.15, 0.2) is 71.2 Å². The highest BCUT2D eigenvalue weighted by Crippen LogP contribution is 2.44. The number of aliphatic hydroxyl groups excluding tert-OH is 1. The first kappa shape index (κ1) is 26.3. The molecule has 1 fully saturated rings. The Labute approximate surface area is 226 Å². The zero-order valence-corrected chi connectivity index (χ0v) is 22.5. The molecule has 8 nitrogen and oxygen atoms in total. The van der Waals surface area contributed by atoms with Gasteiger partial charge in [0.25, 0.3) is 5.78 Å². The maximum absolute atomic E-state index is 13.3. The molecule has 0 spiro atoms. The summed E-state index contributed by atoms with van der Waals surface area (Å²) in [6.45, 7) is 7.44. The quantitative estimate of drug-likeness (QED) is 0.121. The van der Waals surface area contributed by atoms with E-state index in [1.54, 1.807) is 62.4 Å². The van der Waals surface area contributed by atoms with Gasteiger partial charge in [0.2, 0.25) is 0 Å². The number of carbonyl (C=O) groups is 3. The molecule has 1 amide bonds. The minimum Gasteiger partial charge on any atom is -0.507 e. The van der Waals surface area contributed by atoms with Crippen molar-refractivity contribution >= 4 is 55.8 Å². The fourth-order valence-corrected chi connectivity index (χ4v) is 5.32. The minimum atomic E-state index is -0.977. The van der Waals surface area contributed by atoms with Gasteiger partial charge in [-0.1, -0.05) is 52.1 Å². The summed E-state index contributed by atoms with van der Waals surface area (Å²) in [4.78, 5) is 45.0. The Kier molecular flexibility index (Phi) is 7.89. The summed E-state index contributed by atoms with van der Waals surface area (Å²) in [6.07, 6.45) is 1.61. The number of nitrogens with zero attached hydrogens (tertiary/aromatic N) is 2. The number of hydrogen-bond donors (Lipinski definition) is 1. The van der Waals surface area contributed by atoms with Gasteiger partial charge in [0.15, 0.2) is 5.13 Å². The lowest BCUT2D eigenvalue weighted by atomic mass is 9.95. The van der Waals surface area contributed by atoms with E-state index in [1.165, 1.54) is 4.90 Å². The molecule has 1 aromatic heterocycles. The lowest BCUT2D eigenvalue weighted by Gasteiger charge is -2.23. The smallest absolute Gasteiger partial charge is 0.350 e. The van der Waals surface area contributed by atoms with E-state index in [4.69, 9.17) is 9.47 Å². The van der Waals surface area contributed by atoms with E-state index >= 15 is 0 Å². The van der Waals surface area contributed by atoms with Crippen LogP contribution in [-0.2, 0) is 14.3 Å². The van der Waals surface area contributed by atoms with E-state index in [0.717, 1.165) is 15.8 Å². The van der Waals surface area contributed by atoms with Crippen molar-refractivity contribution in [3.8, 4) is 5.75 Å². The van der Waals surface area contributed by atoms with Crippen LogP contribution in [0.5, 0.6) is 5.75 Å². The van der Waals surface area contributed by atoms with Gasteiger partial charge in [0, 0.05) is 10.0 Å². The first-order valence-electron chi connectivity index (χ1n) is 11.3. The Balaban J connectivity index is 1.85. The fourth-order valence-electron chi connectivity index (χ4n) is 3.91. The molecule has 37 heavy (non-hydrogen) atoms. The largest absolute Gasteiger partial charge is 0.507 e. The van der Waals surface area contributed by atoms with Crippen molar-refractivity contribution in [3.05, 3.63) is 92.9 Å². The third-order valence-electron chi connectivity index (χ3n) is 5.56. The van der Waals surface area contributed by atoms with Gasteiger partial charge in [0.1, 0.15) is 23.0 Å². The van der Waals surface area contributed by atoms with Crippen LogP contribution in [0.25, 0.3) is 5.76 Å². The molecule has 3 aromatic rings. The van der Waals surface area contributed by atoms with Crippen molar-refractivity contribution < 1.29 is 29.0 Å². The Bertz CT molecular complexity index is 1410. The molecule has 1 N–H and O–H groups in total. The third-order valence-corrected chi connectivity index (χ3v) is 7.19. The summed E-state index contributed by atoms with van der Waals surface area (Å²) in [5.74, 6) is -2.05. The number of benzene rings is 2. The Hall–Kier alpha value is -3.76. The van der Waals surface area contributed by atoms with Crippen LogP contribution in [0.2, 0.25) is 0 Å². The molecule has 1 unspecified atom stereocenters. The van der Waals surface area contributed by atoms with Crippen molar-refractivity contribution in [1.82, 2.24) is 4.98 Å². The molecular formula is C27H23BrN2O6S. The first-order chi connectivity index (χ1) is 17.8. The van der Waals surface area contributed by atoms with Crippen molar-refractivity contribution in [2.24, 2.45) is 0 Å². The monoisotopic (exact) mass is 582 g/mol. The molecule has 0 radical (unpaired) electrons. The number of anilines is 1. The molecule has 2 aromatic carbocycles. The number of thiazole rings is 1. The van der Waals surface area contributed by atoms with Crippen LogP contribution in [0.4, 0.5) is 5.13 Å². The molecule has 190 valence electrons. The van der Waals surface area contributed by atoms with E-state index in [-0.39, 0.29) is 27.9 Å². The molecule has 4 rings (SSSR count). The summed E-state index contributed by atoms with van der Waals surface area (Å²) in [6, 6.07) is 12.6. The van der Waals surface area contributed by atoms with E-state index in [9.17, 15) is 19.5 Å². The van der Waals surface area contributed by atoms with Crippen LogP contribution in [0.3, 0.4) is 0 Å². The lowest BCUT2D eigenvalue weighted by molar-refractivity contribution is -0.132. The number of aromatic nitrogens is 1. The summed E-state index contributed by atoms with van der Waals surface area (Å²) in [5.41, 5.74) is 1.20. The second-order valence-electron chi connectivity index (χ2n) is 7.98. The molecule has 1 aliphatic rings. The van der Waals surface area contributed by atoms with Gasteiger partial charge in [-0.2, -0.15) is 0 Å². The standard InChI is InChI=1S/C27H23BrN2O6S/c1-4-13-36-19-11-9-16(10-12-19)22(31)20-21(17-7-6-8-18(28)14-17)30(25(33)23(20)32)27-29-15(3)24(37-27)26(34)35-5-2/h4,6-12,14,21,31H,1,5,13H2,2-3H3/b22-20+. The van der Waals surface area contributed by atoms with Gasteiger partial charge in [-0.3, -0.25) is 14.5 Å². The lowest BCUT2D eigenvalue weighted by Crippen LogP contribution is -2.29. The van der Waals surface area contributed by atoms with Gasteiger partial charge in [0.05, 0.1) is 23.9 Å². The second-order valence-corrected chi connectivity index (χ2v) is 9.87. The van der Waals surface area contributed by atoms with Crippen molar-refractivity contribution in [2.45, 2.75) is 19.9 Å². The van der Waals surface area contributed by atoms with Crippen LogP contribution in [0, 0.1) is 6.92 Å². The van der Waals surface area contributed by atoms with Gasteiger partial charge in [-0.15, -0.1) is 0 Å². The molecule has 1 saturated heterocycles. The number of esters is 1. The molecule has 1 aliphatic heterocycles. The number of carbonyl (C=O) groups excluding carboxylic acids is 3. The van der Waals surface area contributed by atoms with Gasteiger partial charge in [-0.25, -0.2) is 9.78 Å². The molecule has 10 heteroatoms. The van der Waals surface area contributed by atoms with E-state index in [2.05, 4.69) is 27.5 Å². The molecular weight excluding hydrogens is 560 g/mol. The number of Topliss-reactive ketones (excluding diaryl/α,β-unsaturated/α-hetero) is 1. The normalized spacial score (nSPS) is 16.6. The van der Waals surface area contributed by atoms with E-state index < -0.39 is 23.7 Å². The third kappa shape index (κ3) is 5.21. The van der Waals surface area contributed by atoms with Crippen LogP contribution < -0.4 is 9.64 Å². The Morgan fingerprint density at radius 3 is 2.62 bits per heavy atom. The number of halogens is 1. The molecule has 0 aliphatic carbocycles. The number of ketones is 1. The zero-order chi connectivity index (χ0) is 26.7.